The van der Waals surface area contributed by atoms with Crippen LogP contribution in [0, 0.1) is 17.2 Å². The monoisotopic (exact) mass is 409 g/mol. The Balaban J connectivity index is 2.09. The number of allylic oxidation sites excluding steroid dienone is 4. The Hall–Kier alpha value is -3.08. The van der Waals surface area contributed by atoms with Crippen LogP contribution in [-0.4, -0.2) is 4.87 Å². The molecule has 2 unspecified atom stereocenters. The van der Waals surface area contributed by atoms with Gasteiger partial charge in [-0.05, 0) is 35.6 Å². The average Bonchev–Trinajstić information content (AvgIpc) is 2.81. The second-order valence-electron chi connectivity index (χ2n) is 7.83. The summed E-state index contributed by atoms with van der Waals surface area (Å²) >= 11 is 7.04. The van der Waals surface area contributed by atoms with Crippen LogP contribution in [0.15, 0.2) is 115 Å². The number of nitriles is 1. The van der Waals surface area contributed by atoms with Crippen LogP contribution in [0.1, 0.15) is 30.0 Å². The highest BCUT2D eigenvalue weighted by atomic mass is 35.5. The Morgan fingerprint density at radius 1 is 0.833 bits per heavy atom. The normalized spacial score (nSPS) is 19.6. The largest absolute Gasteiger partial charge is 0.198 e. The Labute approximate surface area is 184 Å². The van der Waals surface area contributed by atoms with Gasteiger partial charge in [-0.15, -0.1) is 11.6 Å². The van der Waals surface area contributed by atoms with Gasteiger partial charge >= 0.3 is 0 Å². The van der Waals surface area contributed by atoms with E-state index < -0.39 is 10.3 Å². The van der Waals surface area contributed by atoms with Gasteiger partial charge in [-0.25, -0.2) is 0 Å². The predicted molar refractivity (Wildman–Crippen MR) is 124 cm³/mol. The molecule has 0 heterocycles. The summed E-state index contributed by atoms with van der Waals surface area (Å²) in [7, 11) is 0. The van der Waals surface area contributed by atoms with Gasteiger partial charge in [0.05, 0.1) is 22.3 Å². The van der Waals surface area contributed by atoms with Gasteiger partial charge in [0.15, 0.2) is 0 Å². The van der Waals surface area contributed by atoms with Crippen molar-refractivity contribution in [3.63, 3.8) is 0 Å². The Morgan fingerprint density at radius 2 is 1.27 bits per heavy atom. The molecule has 3 aromatic carbocycles. The van der Waals surface area contributed by atoms with Crippen LogP contribution in [0.5, 0.6) is 0 Å². The summed E-state index contributed by atoms with van der Waals surface area (Å²) in [4.78, 5) is -0.734. The molecule has 1 aliphatic carbocycles. The molecule has 4 rings (SSSR count). The third-order valence-corrected chi connectivity index (χ3v) is 6.68. The van der Waals surface area contributed by atoms with E-state index in [0.29, 0.717) is 6.42 Å². The van der Waals surface area contributed by atoms with E-state index in [-0.39, 0.29) is 5.92 Å². The summed E-state index contributed by atoms with van der Waals surface area (Å²) in [6, 6.07) is 34.0. The molecule has 148 valence electrons. The molecule has 0 saturated heterocycles. The van der Waals surface area contributed by atoms with Crippen molar-refractivity contribution in [1.82, 2.24) is 0 Å². The first-order chi connectivity index (χ1) is 14.6. The number of alkyl halides is 1. The van der Waals surface area contributed by atoms with Crippen molar-refractivity contribution in [3.8, 4) is 6.07 Å². The van der Waals surface area contributed by atoms with Crippen molar-refractivity contribution in [1.29, 1.82) is 5.26 Å². The summed E-state index contributed by atoms with van der Waals surface area (Å²) in [6.45, 7) is 1.90. The molecule has 2 atom stereocenters. The van der Waals surface area contributed by atoms with E-state index in [1.807, 2.05) is 25.1 Å². The molecular formula is C28H24ClN. The molecule has 0 spiro atoms. The van der Waals surface area contributed by atoms with Crippen LogP contribution in [0.3, 0.4) is 0 Å². The van der Waals surface area contributed by atoms with E-state index in [4.69, 9.17) is 11.6 Å². The summed E-state index contributed by atoms with van der Waals surface area (Å²) in [5, 5.41) is 9.60. The first kappa shape index (κ1) is 20.2. The molecule has 3 aromatic rings. The molecule has 0 radical (unpaired) electrons. The smallest absolute Gasteiger partial charge is 0.0821 e. The highest BCUT2D eigenvalue weighted by Crippen LogP contribution is 2.49. The Morgan fingerprint density at radius 3 is 1.67 bits per heavy atom. The zero-order valence-electron chi connectivity index (χ0n) is 17.0. The first-order valence-corrected chi connectivity index (χ1v) is 10.6. The predicted octanol–water partition coefficient (Wildman–Crippen LogP) is 7.04. The van der Waals surface area contributed by atoms with Gasteiger partial charge in [0.1, 0.15) is 0 Å². The van der Waals surface area contributed by atoms with E-state index in [2.05, 4.69) is 97.1 Å². The second kappa shape index (κ2) is 8.34. The minimum atomic E-state index is -0.734. The maximum Gasteiger partial charge on any atom is 0.0821 e. The zero-order valence-corrected chi connectivity index (χ0v) is 17.8. The molecule has 0 saturated carbocycles. The number of halogens is 1. The van der Waals surface area contributed by atoms with Crippen molar-refractivity contribution < 1.29 is 0 Å². The fraction of sp³-hybridized carbons (Fsp3) is 0.179. The number of rotatable bonds is 5. The number of hydrogen-bond acceptors (Lipinski definition) is 1. The van der Waals surface area contributed by atoms with Crippen molar-refractivity contribution in [2.45, 2.75) is 23.6 Å². The summed E-state index contributed by atoms with van der Waals surface area (Å²) in [5.74, 6) is -0.306. The average molecular weight is 410 g/mol. The van der Waals surface area contributed by atoms with Crippen LogP contribution in [0.2, 0.25) is 0 Å². The van der Waals surface area contributed by atoms with Gasteiger partial charge in [0.25, 0.3) is 0 Å². The SMILES string of the molecule is CC(C#N)C1(Cl)C=C(C(c2ccccc2)(c2ccccc2)c2ccccc2)C=CC1. The Bertz CT molecular complexity index is 997. The minimum Gasteiger partial charge on any atom is -0.198 e. The zero-order chi connectivity index (χ0) is 21.0. The summed E-state index contributed by atoms with van der Waals surface area (Å²) in [6.07, 6.45) is 7.05. The number of hydrogen-bond donors (Lipinski definition) is 0. The van der Waals surface area contributed by atoms with E-state index in [9.17, 15) is 5.26 Å². The standard InChI is InChI=1S/C28H24ClN/c1-22(21-30)27(29)19-11-18-26(20-27)28(23-12-5-2-6-13-23,24-14-7-3-8-15-24)25-16-9-4-10-17-25/h2-18,20,22H,19H2,1H3. The van der Waals surface area contributed by atoms with Crippen LogP contribution in [0.4, 0.5) is 0 Å². The van der Waals surface area contributed by atoms with Crippen LogP contribution >= 0.6 is 11.6 Å². The van der Waals surface area contributed by atoms with Crippen LogP contribution < -0.4 is 0 Å². The number of nitrogens with zero attached hydrogens (tertiary/aromatic N) is 1. The second-order valence-corrected chi connectivity index (χ2v) is 8.54. The third-order valence-electron chi connectivity index (χ3n) is 6.09. The molecule has 0 amide bonds. The molecule has 0 fully saturated rings. The molecule has 0 bridgehead atoms. The first-order valence-electron chi connectivity index (χ1n) is 10.3. The van der Waals surface area contributed by atoms with Gasteiger partial charge in [0.2, 0.25) is 0 Å². The quantitative estimate of drug-likeness (QED) is 0.327. The molecular weight excluding hydrogens is 386 g/mol. The summed E-state index contributed by atoms with van der Waals surface area (Å²) < 4.78 is 0. The minimum absolute atomic E-state index is 0.306. The fourth-order valence-electron chi connectivity index (χ4n) is 4.44. The lowest BCUT2D eigenvalue weighted by Crippen LogP contribution is -2.36. The molecule has 2 heteroatoms. The van der Waals surface area contributed by atoms with E-state index in [1.54, 1.807) is 0 Å². The van der Waals surface area contributed by atoms with Crippen LogP contribution in [-0.2, 0) is 5.41 Å². The lowest BCUT2D eigenvalue weighted by molar-refractivity contribution is 0.550. The van der Waals surface area contributed by atoms with E-state index in [0.717, 1.165) is 5.57 Å². The van der Waals surface area contributed by atoms with E-state index >= 15 is 0 Å². The third kappa shape index (κ3) is 3.38. The molecule has 0 N–H and O–H groups in total. The van der Waals surface area contributed by atoms with Crippen LogP contribution in [0.25, 0.3) is 0 Å². The molecule has 0 aromatic heterocycles. The lowest BCUT2D eigenvalue weighted by Gasteiger charge is -2.41. The van der Waals surface area contributed by atoms with Gasteiger partial charge in [-0.1, -0.05) is 109 Å². The molecule has 30 heavy (non-hydrogen) atoms. The highest BCUT2D eigenvalue weighted by Gasteiger charge is 2.43. The van der Waals surface area contributed by atoms with Crippen molar-refractivity contribution in [2.75, 3.05) is 0 Å². The van der Waals surface area contributed by atoms with Crippen molar-refractivity contribution >= 4 is 11.6 Å². The highest BCUT2D eigenvalue weighted by molar-refractivity contribution is 6.26. The molecule has 1 nitrogen and oxygen atoms in total. The lowest BCUT2D eigenvalue weighted by atomic mass is 9.62. The topological polar surface area (TPSA) is 23.8 Å². The van der Waals surface area contributed by atoms with Gasteiger partial charge in [-0.3, -0.25) is 0 Å². The fourth-order valence-corrected chi connectivity index (χ4v) is 4.69. The van der Waals surface area contributed by atoms with Gasteiger partial charge in [0, 0.05) is 0 Å². The summed E-state index contributed by atoms with van der Waals surface area (Å²) in [5.41, 5.74) is 4.07. The van der Waals surface area contributed by atoms with E-state index in [1.165, 1.54) is 16.7 Å². The number of benzene rings is 3. The molecule has 1 aliphatic rings. The van der Waals surface area contributed by atoms with Gasteiger partial charge < -0.3 is 0 Å². The van der Waals surface area contributed by atoms with Crippen molar-refractivity contribution in [2.24, 2.45) is 5.92 Å². The molecule has 0 aliphatic heterocycles. The maximum absolute atomic E-state index is 9.60. The van der Waals surface area contributed by atoms with Gasteiger partial charge in [-0.2, -0.15) is 5.26 Å². The van der Waals surface area contributed by atoms with Crippen molar-refractivity contribution in [3.05, 3.63) is 131 Å². The Kier molecular flexibility index (Phi) is 5.62. The maximum atomic E-state index is 9.60.